The number of benzene rings is 2. The first-order valence-electron chi connectivity index (χ1n) is 10.3. The monoisotopic (exact) mass is 393 g/mol. The molecular weight excluding hydrogens is 366 g/mol. The maximum absolute atomic E-state index is 12.2. The third-order valence-corrected chi connectivity index (χ3v) is 6.64. The number of aromatic nitrogens is 1. The van der Waals surface area contributed by atoms with Crippen LogP contribution in [0.3, 0.4) is 0 Å². The molecule has 2 fully saturated rings. The van der Waals surface area contributed by atoms with E-state index in [0.29, 0.717) is 30.0 Å². The Morgan fingerprint density at radius 2 is 1.83 bits per heavy atom. The van der Waals surface area contributed by atoms with E-state index in [1.54, 1.807) is 11.7 Å². The quantitative estimate of drug-likeness (QED) is 0.667. The van der Waals surface area contributed by atoms with Gasteiger partial charge in [-0.1, -0.05) is 24.3 Å². The summed E-state index contributed by atoms with van der Waals surface area (Å²) in [6.07, 6.45) is 0. The minimum atomic E-state index is -0.263. The van der Waals surface area contributed by atoms with Crippen molar-refractivity contribution in [1.29, 1.82) is 0 Å². The molecule has 6 nitrogen and oxygen atoms in total. The van der Waals surface area contributed by atoms with Crippen molar-refractivity contribution in [3.05, 3.63) is 64.6 Å². The number of rotatable bonds is 5. The van der Waals surface area contributed by atoms with Gasteiger partial charge in [0.15, 0.2) is 5.58 Å². The highest BCUT2D eigenvalue weighted by Gasteiger charge is 2.45. The molecule has 0 amide bonds. The van der Waals surface area contributed by atoms with Crippen LogP contribution in [-0.2, 0) is 6.54 Å². The van der Waals surface area contributed by atoms with Gasteiger partial charge in [0.05, 0.1) is 12.6 Å². The average Bonchev–Trinajstić information content (AvgIpc) is 3.35. The van der Waals surface area contributed by atoms with Crippen LogP contribution in [0.5, 0.6) is 5.75 Å². The van der Waals surface area contributed by atoms with E-state index < -0.39 is 0 Å². The van der Waals surface area contributed by atoms with Crippen molar-refractivity contribution in [1.82, 2.24) is 14.4 Å². The smallest absolute Gasteiger partial charge is 0.419 e. The number of hydrogen-bond donors (Lipinski definition) is 0. The molecule has 0 saturated carbocycles. The summed E-state index contributed by atoms with van der Waals surface area (Å²) in [5.74, 6) is 1.93. The third kappa shape index (κ3) is 3.26. The van der Waals surface area contributed by atoms with Crippen LogP contribution in [0.1, 0.15) is 11.6 Å². The van der Waals surface area contributed by atoms with Gasteiger partial charge in [0.25, 0.3) is 0 Å². The van der Waals surface area contributed by atoms with Crippen LogP contribution >= 0.6 is 0 Å². The van der Waals surface area contributed by atoms with E-state index in [2.05, 4.69) is 41.1 Å². The van der Waals surface area contributed by atoms with Gasteiger partial charge in [-0.15, -0.1) is 0 Å². The first-order chi connectivity index (χ1) is 14.1. The second-order valence-electron chi connectivity index (χ2n) is 8.33. The fourth-order valence-corrected chi connectivity index (χ4v) is 5.30. The molecule has 3 heterocycles. The molecule has 0 spiro atoms. The highest BCUT2D eigenvalue weighted by molar-refractivity contribution is 5.72. The van der Waals surface area contributed by atoms with E-state index in [4.69, 9.17) is 9.15 Å². The van der Waals surface area contributed by atoms with Crippen LogP contribution in [0.4, 0.5) is 0 Å². The highest BCUT2D eigenvalue weighted by atomic mass is 16.5. The van der Waals surface area contributed by atoms with E-state index in [-0.39, 0.29) is 5.76 Å². The summed E-state index contributed by atoms with van der Waals surface area (Å²) in [6, 6.07) is 16.6. The standard InChI is InChI=1S/C23H27N3O3/c1-24-13-17-14-25(11-12-26-20-5-3-4-6-21(20)29-23(26)27)15-19(17)22(24)16-7-9-18(28-2)10-8-16/h3-10,17,19,22H,11-15H2,1-2H3/t17-,19+,22+/m0/s1. The topological polar surface area (TPSA) is 50.9 Å². The Labute approximate surface area is 170 Å². The summed E-state index contributed by atoms with van der Waals surface area (Å²) in [5, 5.41) is 0. The first kappa shape index (κ1) is 18.5. The molecule has 6 heteroatoms. The zero-order chi connectivity index (χ0) is 20.0. The summed E-state index contributed by atoms with van der Waals surface area (Å²) in [7, 11) is 3.94. The number of para-hydroxylation sites is 2. The molecule has 29 heavy (non-hydrogen) atoms. The lowest BCUT2D eigenvalue weighted by Crippen LogP contribution is -2.32. The van der Waals surface area contributed by atoms with Gasteiger partial charge in [0.2, 0.25) is 0 Å². The van der Waals surface area contributed by atoms with Gasteiger partial charge >= 0.3 is 5.76 Å². The summed E-state index contributed by atoms with van der Waals surface area (Å²) in [6.45, 7) is 4.81. The van der Waals surface area contributed by atoms with Gasteiger partial charge in [-0.3, -0.25) is 9.47 Å². The van der Waals surface area contributed by atoms with Gasteiger partial charge in [-0.05, 0) is 48.7 Å². The predicted molar refractivity (Wildman–Crippen MR) is 112 cm³/mol. The molecule has 2 saturated heterocycles. The number of hydrogen-bond acceptors (Lipinski definition) is 5. The fourth-order valence-electron chi connectivity index (χ4n) is 5.30. The normalized spacial score (nSPS) is 25.0. The van der Waals surface area contributed by atoms with Crippen LogP contribution in [-0.4, -0.2) is 54.7 Å². The van der Waals surface area contributed by atoms with Crippen molar-refractivity contribution in [3.8, 4) is 5.75 Å². The molecule has 5 rings (SSSR count). The number of methoxy groups -OCH3 is 1. The van der Waals surface area contributed by atoms with Gasteiger partial charge in [-0.25, -0.2) is 4.79 Å². The van der Waals surface area contributed by atoms with Crippen molar-refractivity contribution < 1.29 is 9.15 Å². The summed E-state index contributed by atoms with van der Waals surface area (Å²) in [5.41, 5.74) is 2.91. The molecule has 2 aliphatic heterocycles. The summed E-state index contributed by atoms with van der Waals surface area (Å²) in [4.78, 5) is 17.2. The second-order valence-corrected chi connectivity index (χ2v) is 8.33. The first-order valence-corrected chi connectivity index (χ1v) is 10.3. The van der Waals surface area contributed by atoms with E-state index in [9.17, 15) is 4.79 Å². The molecule has 0 aliphatic carbocycles. The Balaban J connectivity index is 1.29. The molecular formula is C23H27N3O3. The minimum Gasteiger partial charge on any atom is -0.497 e. The molecule has 0 N–H and O–H groups in total. The second kappa shape index (κ2) is 7.35. The third-order valence-electron chi connectivity index (χ3n) is 6.64. The molecule has 3 atom stereocenters. The van der Waals surface area contributed by atoms with Crippen LogP contribution in [0.25, 0.3) is 11.1 Å². The highest BCUT2D eigenvalue weighted by Crippen LogP contribution is 2.44. The lowest BCUT2D eigenvalue weighted by atomic mass is 9.89. The Morgan fingerprint density at radius 1 is 1.03 bits per heavy atom. The molecule has 152 valence electrons. The van der Waals surface area contributed by atoms with Crippen molar-refractivity contribution >= 4 is 11.1 Å². The van der Waals surface area contributed by atoms with Crippen molar-refractivity contribution in [2.75, 3.05) is 40.3 Å². The average molecular weight is 393 g/mol. The maximum Gasteiger partial charge on any atom is 0.419 e. The zero-order valence-electron chi connectivity index (χ0n) is 17.0. The molecule has 1 aromatic heterocycles. The van der Waals surface area contributed by atoms with E-state index >= 15 is 0 Å². The van der Waals surface area contributed by atoms with Crippen LogP contribution in [0, 0.1) is 11.8 Å². The predicted octanol–water partition coefficient (Wildman–Crippen LogP) is 2.84. The molecule has 3 aromatic rings. The lowest BCUT2D eigenvalue weighted by Gasteiger charge is -2.27. The Hall–Kier alpha value is -2.57. The van der Waals surface area contributed by atoms with Crippen LogP contribution in [0.2, 0.25) is 0 Å². The molecule has 0 radical (unpaired) electrons. The summed E-state index contributed by atoms with van der Waals surface area (Å²) >= 11 is 0. The molecule has 2 aromatic carbocycles. The fraction of sp³-hybridized carbons (Fsp3) is 0.435. The van der Waals surface area contributed by atoms with Crippen molar-refractivity contribution in [2.45, 2.75) is 12.6 Å². The minimum absolute atomic E-state index is 0.263. The van der Waals surface area contributed by atoms with Crippen LogP contribution < -0.4 is 10.5 Å². The van der Waals surface area contributed by atoms with Gasteiger partial charge in [0, 0.05) is 38.8 Å². The van der Waals surface area contributed by atoms with Gasteiger partial charge in [-0.2, -0.15) is 0 Å². The maximum atomic E-state index is 12.2. The van der Waals surface area contributed by atoms with E-state index in [0.717, 1.165) is 37.4 Å². The Kier molecular flexibility index (Phi) is 4.68. The van der Waals surface area contributed by atoms with Crippen LogP contribution in [0.15, 0.2) is 57.7 Å². The SMILES string of the molecule is COc1ccc([C@@H]2[C@@H]3CN(CCn4c(=O)oc5ccccc54)C[C@@H]3CN2C)cc1. The number of oxazole rings is 1. The molecule has 2 aliphatic rings. The summed E-state index contributed by atoms with van der Waals surface area (Å²) < 4.78 is 12.4. The number of nitrogens with zero attached hydrogens (tertiary/aromatic N) is 3. The zero-order valence-corrected chi connectivity index (χ0v) is 17.0. The lowest BCUT2D eigenvalue weighted by molar-refractivity contribution is 0.223. The largest absolute Gasteiger partial charge is 0.497 e. The Bertz CT molecular complexity index is 1060. The Morgan fingerprint density at radius 3 is 2.62 bits per heavy atom. The van der Waals surface area contributed by atoms with E-state index in [1.165, 1.54) is 5.56 Å². The number of fused-ring (bicyclic) bond motifs is 2. The van der Waals surface area contributed by atoms with Crippen molar-refractivity contribution in [2.24, 2.45) is 11.8 Å². The molecule has 0 unspecified atom stereocenters. The number of ether oxygens (including phenoxy) is 1. The van der Waals surface area contributed by atoms with E-state index in [1.807, 2.05) is 24.3 Å². The molecule has 0 bridgehead atoms. The van der Waals surface area contributed by atoms with Gasteiger partial charge < -0.3 is 14.1 Å². The number of likely N-dealkylation sites (tertiary alicyclic amines) is 2. The van der Waals surface area contributed by atoms with Crippen molar-refractivity contribution in [3.63, 3.8) is 0 Å². The van der Waals surface area contributed by atoms with Gasteiger partial charge in [0.1, 0.15) is 5.75 Å².